The number of benzene rings is 2. The van der Waals surface area contributed by atoms with Gasteiger partial charge >= 0.3 is 5.97 Å². The number of hydrogen-bond donors (Lipinski definition) is 0. The van der Waals surface area contributed by atoms with Gasteiger partial charge in [-0.05, 0) is 49.9 Å². The van der Waals surface area contributed by atoms with Crippen molar-refractivity contribution in [2.45, 2.75) is 39.2 Å². The van der Waals surface area contributed by atoms with Crippen LogP contribution >= 0.6 is 0 Å². The number of carbonyl (C=O) groups excluding carboxylic acids is 1. The van der Waals surface area contributed by atoms with Crippen LogP contribution in [0.5, 0.6) is 0 Å². The fourth-order valence-corrected chi connectivity index (χ4v) is 2.25. The summed E-state index contributed by atoms with van der Waals surface area (Å²) in [5.74, 6) is -0.303. The molecule has 0 aliphatic carbocycles. The van der Waals surface area contributed by atoms with E-state index in [1.165, 1.54) is 16.3 Å². The molecule has 2 heteroatoms. The highest BCUT2D eigenvalue weighted by Crippen LogP contribution is 2.21. The first-order chi connectivity index (χ1) is 9.87. The predicted molar refractivity (Wildman–Crippen MR) is 87.3 cm³/mol. The molecule has 0 saturated carbocycles. The minimum absolute atomic E-state index is 0.303. The van der Waals surface area contributed by atoms with Gasteiger partial charge < -0.3 is 4.74 Å². The van der Waals surface area contributed by atoms with Crippen LogP contribution in [-0.4, -0.2) is 11.6 Å². The second-order valence-corrected chi connectivity index (χ2v) is 6.24. The first-order valence-corrected chi connectivity index (χ1v) is 7.24. The van der Waals surface area contributed by atoms with E-state index >= 15 is 0 Å². The van der Waals surface area contributed by atoms with Crippen LogP contribution in [0.25, 0.3) is 10.8 Å². The van der Waals surface area contributed by atoms with Gasteiger partial charge in [0.25, 0.3) is 0 Å². The average Bonchev–Trinajstić information content (AvgIpc) is 2.42. The lowest BCUT2D eigenvalue weighted by Gasteiger charge is -2.20. The Morgan fingerprint density at radius 2 is 1.76 bits per heavy atom. The molecule has 2 rings (SSSR count). The molecule has 0 aromatic heterocycles. The molecule has 0 amide bonds. The summed E-state index contributed by atoms with van der Waals surface area (Å²) < 4.78 is 5.34. The highest BCUT2D eigenvalue weighted by atomic mass is 16.6. The van der Waals surface area contributed by atoms with E-state index in [2.05, 4.69) is 30.8 Å². The minimum atomic E-state index is -0.473. The van der Waals surface area contributed by atoms with Crippen LogP contribution in [0, 0.1) is 0 Å². The van der Waals surface area contributed by atoms with Crippen LogP contribution in [0.2, 0.25) is 0 Å². The molecule has 0 aliphatic rings. The fraction of sp³-hybridized carbons (Fsp3) is 0.316. The van der Waals surface area contributed by atoms with E-state index in [-0.39, 0.29) is 5.97 Å². The molecule has 0 heterocycles. The Labute approximate surface area is 126 Å². The summed E-state index contributed by atoms with van der Waals surface area (Å²) in [6.07, 6.45) is 1.41. The summed E-state index contributed by atoms with van der Waals surface area (Å²) in [5.41, 5.74) is 1.29. The lowest BCUT2D eigenvalue weighted by Crippen LogP contribution is -2.24. The molecule has 21 heavy (non-hydrogen) atoms. The lowest BCUT2D eigenvalue weighted by molar-refractivity contribution is -0.150. The molecule has 0 radical (unpaired) electrons. The van der Waals surface area contributed by atoms with Crippen molar-refractivity contribution >= 4 is 16.7 Å². The highest BCUT2D eigenvalue weighted by molar-refractivity contribution is 5.88. The van der Waals surface area contributed by atoms with Gasteiger partial charge in [-0.15, -0.1) is 0 Å². The number of fused-ring (bicyclic) bond motifs is 1. The number of rotatable bonds is 4. The summed E-state index contributed by atoms with van der Waals surface area (Å²) in [7, 11) is 0. The standard InChI is InChI=1S/C19H22O2/c1-14(18(20)21-19(2,3)4)12-13-16-10-7-9-15-8-5-6-11-17(15)16/h5-11H,1,12-13H2,2-4H3. The second-order valence-electron chi connectivity index (χ2n) is 6.24. The van der Waals surface area contributed by atoms with Crippen molar-refractivity contribution < 1.29 is 9.53 Å². The first-order valence-electron chi connectivity index (χ1n) is 7.24. The third kappa shape index (κ3) is 4.19. The quantitative estimate of drug-likeness (QED) is 0.601. The van der Waals surface area contributed by atoms with Crippen molar-refractivity contribution in [3.63, 3.8) is 0 Å². The van der Waals surface area contributed by atoms with Gasteiger partial charge in [-0.25, -0.2) is 4.79 Å². The maximum Gasteiger partial charge on any atom is 0.333 e. The molecule has 0 saturated heterocycles. The van der Waals surface area contributed by atoms with Gasteiger partial charge in [-0.1, -0.05) is 49.0 Å². The average molecular weight is 282 g/mol. The Balaban J connectivity index is 2.05. The number of ether oxygens (including phenoxy) is 1. The Hall–Kier alpha value is -2.09. The van der Waals surface area contributed by atoms with Crippen molar-refractivity contribution in [1.82, 2.24) is 0 Å². The molecule has 0 N–H and O–H groups in total. The van der Waals surface area contributed by atoms with Gasteiger partial charge in [-0.3, -0.25) is 0 Å². The summed E-state index contributed by atoms with van der Waals surface area (Å²) in [6.45, 7) is 9.45. The molecular weight excluding hydrogens is 260 g/mol. The van der Waals surface area contributed by atoms with Crippen LogP contribution in [0.1, 0.15) is 32.8 Å². The zero-order valence-corrected chi connectivity index (χ0v) is 13.0. The fourth-order valence-electron chi connectivity index (χ4n) is 2.25. The monoisotopic (exact) mass is 282 g/mol. The van der Waals surface area contributed by atoms with E-state index in [1.54, 1.807) is 0 Å². The number of aryl methyl sites for hydroxylation is 1. The van der Waals surface area contributed by atoms with Crippen LogP contribution in [0.4, 0.5) is 0 Å². The molecular formula is C19H22O2. The molecule has 0 aliphatic heterocycles. The van der Waals surface area contributed by atoms with Crippen LogP contribution in [0.3, 0.4) is 0 Å². The van der Waals surface area contributed by atoms with Gasteiger partial charge in [0, 0.05) is 5.57 Å². The second kappa shape index (κ2) is 6.13. The minimum Gasteiger partial charge on any atom is -0.457 e. The van der Waals surface area contributed by atoms with E-state index in [9.17, 15) is 4.79 Å². The number of hydrogen-bond acceptors (Lipinski definition) is 2. The molecule has 2 nitrogen and oxygen atoms in total. The van der Waals surface area contributed by atoms with Crippen LogP contribution in [0.15, 0.2) is 54.6 Å². The molecule has 2 aromatic rings. The van der Waals surface area contributed by atoms with Crippen molar-refractivity contribution in [2.75, 3.05) is 0 Å². The highest BCUT2D eigenvalue weighted by Gasteiger charge is 2.18. The third-order valence-corrected chi connectivity index (χ3v) is 3.26. The first kappa shape index (κ1) is 15.3. The largest absolute Gasteiger partial charge is 0.457 e. The topological polar surface area (TPSA) is 26.3 Å². The van der Waals surface area contributed by atoms with E-state index in [0.29, 0.717) is 12.0 Å². The Morgan fingerprint density at radius 1 is 1.10 bits per heavy atom. The summed E-state index contributed by atoms with van der Waals surface area (Å²) in [5, 5.41) is 2.45. The normalized spacial score (nSPS) is 11.4. The zero-order chi connectivity index (χ0) is 15.5. The van der Waals surface area contributed by atoms with Gasteiger partial charge in [0.2, 0.25) is 0 Å². The smallest absolute Gasteiger partial charge is 0.333 e. The van der Waals surface area contributed by atoms with E-state index in [0.717, 1.165) is 6.42 Å². The maximum absolute atomic E-state index is 11.9. The molecule has 0 fully saturated rings. The Kier molecular flexibility index (Phi) is 4.46. The molecule has 110 valence electrons. The maximum atomic E-state index is 11.9. The van der Waals surface area contributed by atoms with Gasteiger partial charge in [0.05, 0.1) is 0 Å². The number of carbonyl (C=O) groups is 1. The molecule has 0 spiro atoms. The summed E-state index contributed by atoms with van der Waals surface area (Å²) >= 11 is 0. The van der Waals surface area contributed by atoms with E-state index in [4.69, 9.17) is 4.74 Å². The molecule has 0 unspecified atom stereocenters. The Morgan fingerprint density at radius 3 is 2.48 bits per heavy atom. The van der Waals surface area contributed by atoms with Crippen molar-refractivity contribution in [2.24, 2.45) is 0 Å². The third-order valence-electron chi connectivity index (χ3n) is 3.26. The van der Waals surface area contributed by atoms with Crippen LogP contribution < -0.4 is 0 Å². The summed E-state index contributed by atoms with van der Waals surface area (Å²) in [6, 6.07) is 14.5. The van der Waals surface area contributed by atoms with Gasteiger partial charge in [0.1, 0.15) is 5.60 Å². The van der Waals surface area contributed by atoms with E-state index < -0.39 is 5.60 Å². The van der Waals surface area contributed by atoms with Gasteiger partial charge in [-0.2, -0.15) is 0 Å². The number of esters is 1. The lowest BCUT2D eigenvalue weighted by atomic mass is 9.99. The predicted octanol–water partition coefficient (Wildman–Crippen LogP) is 4.67. The van der Waals surface area contributed by atoms with Crippen molar-refractivity contribution in [3.8, 4) is 0 Å². The molecule has 2 aromatic carbocycles. The SMILES string of the molecule is C=C(CCc1cccc2ccccc12)C(=O)OC(C)(C)C. The molecule has 0 atom stereocenters. The Bertz CT molecular complexity index is 657. The molecule has 0 bridgehead atoms. The van der Waals surface area contributed by atoms with Crippen molar-refractivity contribution in [3.05, 3.63) is 60.2 Å². The van der Waals surface area contributed by atoms with E-state index in [1.807, 2.05) is 39.0 Å². The van der Waals surface area contributed by atoms with Crippen LogP contribution in [-0.2, 0) is 16.0 Å². The zero-order valence-electron chi connectivity index (χ0n) is 13.0. The van der Waals surface area contributed by atoms with Gasteiger partial charge in [0.15, 0.2) is 0 Å². The van der Waals surface area contributed by atoms with Crippen molar-refractivity contribution in [1.29, 1.82) is 0 Å². The summed E-state index contributed by atoms with van der Waals surface area (Å²) in [4.78, 5) is 11.9.